The first-order chi connectivity index (χ1) is 23.3. The van der Waals surface area contributed by atoms with Crippen LogP contribution in [0.25, 0.3) is 98.4 Å². The molecule has 0 saturated carbocycles. The van der Waals surface area contributed by atoms with Crippen LogP contribution in [0.3, 0.4) is 0 Å². The van der Waals surface area contributed by atoms with E-state index >= 15 is 0 Å². The van der Waals surface area contributed by atoms with E-state index in [9.17, 15) is 0 Å². The predicted molar refractivity (Wildman–Crippen MR) is 200 cm³/mol. The van der Waals surface area contributed by atoms with Crippen LogP contribution >= 0.6 is 0 Å². The Balaban J connectivity index is 1.23. The highest BCUT2D eigenvalue weighted by Gasteiger charge is 2.20. The molecule has 1 aromatic heterocycles. The standard InChI is InChI=1S/C46H28O/c1-2-13-30(14-3-1)44-36-16-6-8-18-38(36)45(39-19-9-7-17-37(39)44)41-22-11-23-42-46(41)40-27-25-31(28-43(40)47-42)33-20-10-21-34-32-15-5-4-12-29(32)24-26-35(33)34/h1-28H. The lowest BCUT2D eigenvalue weighted by Crippen LogP contribution is -1.91. The van der Waals surface area contributed by atoms with E-state index in [1.807, 2.05) is 0 Å². The van der Waals surface area contributed by atoms with E-state index in [1.54, 1.807) is 0 Å². The van der Waals surface area contributed by atoms with Crippen molar-refractivity contribution in [2.24, 2.45) is 0 Å². The first-order valence-electron chi connectivity index (χ1n) is 16.2. The van der Waals surface area contributed by atoms with Gasteiger partial charge < -0.3 is 4.42 Å². The maximum Gasteiger partial charge on any atom is 0.136 e. The Hall–Kier alpha value is -6.18. The summed E-state index contributed by atoms with van der Waals surface area (Å²) < 4.78 is 6.68. The number of hydrogen-bond donors (Lipinski definition) is 0. The van der Waals surface area contributed by atoms with Gasteiger partial charge in [0.2, 0.25) is 0 Å². The summed E-state index contributed by atoms with van der Waals surface area (Å²) in [4.78, 5) is 0. The van der Waals surface area contributed by atoms with Gasteiger partial charge in [0, 0.05) is 10.8 Å². The first kappa shape index (κ1) is 26.1. The van der Waals surface area contributed by atoms with Crippen LogP contribution in [-0.4, -0.2) is 0 Å². The summed E-state index contributed by atoms with van der Waals surface area (Å²) in [6.07, 6.45) is 0. The Morgan fingerprint density at radius 1 is 0.298 bits per heavy atom. The fraction of sp³-hybridized carbons (Fsp3) is 0. The van der Waals surface area contributed by atoms with Gasteiger partial charge in [0.15, 0.2) is 0 Å². The van der Waals surface area contributed by atoms with Gasteiger partial charge in [-0.1, -0.05) is 152 Å². The average molecular weight is 597 g/mol. The number of furan rings is 1. The average Bonchev–Trinajstić information content (AvgIpc) is 3.52. The molecular weight excluding hydrogens is 569 g/mol. The first-order valence-corrected chi connectivity index (χ1v) is 16.2. The summed E-state index contributed by atoms with van der Waals surface area (Å²) in [6.45, 7) is 0. The lowest BCUT2D eigenvalue weighted by Gasteiger charge is -2.18. The molecule has 0 amide bonds. The van der Waals surface area contributed by atoms with Crippen molar-refractivity contribution < 1.29 is 4.42 Å². The van der Waals surface area contributed by atoms with Crippen LogP contribution in [0.15, 0.2) is 174 Å². The molecule has 0 aliphatic carbocycles. The van der Waals surface area contributed by atoms with E-state index in [2.05, 4.69) is 170 Å². The molecule has 0 unspecified atom stereocenters. The van der Waals surface area contributed by atoms with Crippen molar-refractivity contribution >= 4 is 65.0 Å². The quantitative estimate of drug-likeness (QED) is 0.146. The lowest BCUT2D eigenvalue weighted by molar-refractivity contribution is 0.669. The lowest BCUT2D eigenvalue weighted by atomic mass is 9.85. The highest BCUT2D eigenvalue weighted by molar-refractivity contribution is 6.25. The van der Waals surface area contributed by atoms with Crippen molar-refractivity contribution in [3.63, 3.8) is 0 Å². The fourth-order valence-corrected chi connectivity index (χ4v) is 7.83. The third-order valence-corrected chi connectivity index (χ3v) is 9.86. The fourth-order valence-electron chi connectivity index (χ4n) is 7.83. The second kappa shape index (κ2) is 10.2. The predicted octanol–water partition coefficient (Wildman–Crippen LogP) is 13.2. The zero-order chi connectivity index (χ0) is 30.9. The minimum absolute atomic E-state index is 0.900. The maximum atomic E-state index is 6.68. The second-order valence-electron chi connectivity index (χ2n) is 12.4. The number of benzene rings is 9. The Morgan fingerprint density at radius 2 is 0.894 bits per heavy atom. The maximum absolute atomic E-state index is 6.68. The van der Waals surface area contributed by atoms with Crippen molar-refractivity contribution in [2.75, 3.05) is 0 Å². The topological polar surface area (TPSA) is 13.1 Å². The molecule has 10 aromatic rings. The molecule has 1 heteroatoms. The third kappa shape index (κ3) is 3.90. The van der Waals surface area contributed by atoms with Gasteiger partial charge >= 0.3 is 0 Å². The van der Waals surface area contributed by atoms with E-state index in [1.165, 1.54) is 70.9 Å². The van der Waals surface area contributed by atoms with Crippen LogP contribution in [0.4, 0.5) is 0 Å². The van der Waals surface area contributed by atoms with E-state index in [-0.39, 0.29) is 0 Å². The molecule has 0 radical (unpaired) electrons. The van der Waals surface area contributed by atoms with Crippen molar-refractivity contribution in [3.8, 4) is 33.4 Å². The van der Waals surface area contributed by atoms with Gasteiger partial charge in [0.1, 0.15) is 11.2 Å². The molecule has 0 fully saturated rings. The van der Waals surface area contributed by atoms with Crippen molar-refractivity contribution in [1.82, 2.24) is 0 Å². The smallest absolute Gasteiger partial charge is 0.136 e. The molecule has 1 heterocycles. The molecule has 0 bridgehead atoms. The summed E-state index contributed by atoms with van der Waals surface area (Å²) in [5, 5.41) is 12.3. The zero-order valence-corrected chi connectivity index (χ0v) is 25.6. The van der Waals surface area contributed by atoms with Crippen LogP contribution in [0.1, 0.15) is 0 Å². The number of hydrogen-bond acceptors (Lipinski definition) is 1. The Kier molecular flexibility index (Phi) is 5.64. The molecule has 0 N–H and O–H groups in total. The van der Waals surface area contributed by atoms with Gasteiger partial charge in [-0.2, -0.15) is 0 Å². The minimum Gasteiger partial charge on any atom is -0.456 e. The van der Waals surface area contributed by atoms with E-state index < -0.39 is 0 Å². The third-order valence-electron chi connectivity index (χ3n) is 9.86. The molecule has 218 valence electrons. The second-order valence-corrected chi connectivity index (χ2v) is 12.4. The summed E-state index contributed by atoms with van der Waals surface area (Å²) in [5.41, 5.74) is 9.11. The van der Waals surface area contributed by atoms with Gasteiger partial charge in [-0.25, -0.2) is 0 Å². The molecular formula is C46H28O. The molecule has 0 aliphatic rings. The van der Waals surface area contributed by atoms with Gasteiger partial charge in [0.25, 0.3) is 0 Å². The van der Waals surface area contributed by atoms with Crippen LogP contribution < -0.4 is 0 Å². The highest BCUT2D eigenvalue weighted by Crippen LogP contribution is 2.47. The Morgan fingerprint density at radius 3 is 1.66 bits per heavy atom. The summed E-state index contributed by atoms with van der Waals surface area (Å²) in [5.74, 6) is 0. The van der Waals surface area contributed by atoms with Gasteiger partial charge in [-0.05, 0) is 94.7 Å². The van der Waals surface area contributed by atoms with E-state index in [4.69, 9.17) is 4.42 Å². The molecule has 1 nitrogen and oxygen atoms in total. The molecule has 47 heavy (non-hydrogen) atoms. The van der Waals surface area contributed by atoms with Crippen molar-refractivity contribution in [2.45, 2.75) is 0 Å². The Labute approximate surface area is 271 Å². The van der Waals surface area contributed by atoms with E-state index in [0.29, 0.717) is 0 Å². The largest absolute Gasteiger partial charge is 0.456 e. The van der Waals surface area contributed by atoms with Gasteiger partial charge in [-0.15, -0.1) is 0 Å². The monoisotopic (exact) mass is 596 g/mol. The Bertz CT molecular complexity index is 2780. The molecule has 10 rings (SSSR count). The normalized spacial score (nSPS) is 11.8. The molecule has 0 saturated heterocycles. The van der Waals surface area contributed by atoms with Crippen LogP contribution in [0.2, 0.25) is 0 Å². The van der Waals surface area contributed by atoms with Crippen molar-refractivity contribution in [1.29, 1.82) is 0 Å². The highest BCUT2D eigenvalue weighted by atomic mass is 16.3. The summed E-state index contributed by atoms with van der Waals surface area (Å²) >= 11 is 0. The summed E-state index contributed by atoms with van der Waals surface area (Å²) in [6, 6.07) is 61.4. The number of fused-ring (bicyclic) bond motifs is 8. The molecule has 0 aliphatic heterocycles. The van der Waals surface area contributed by atoms with Gasteiger partial charge in [-0.3, -0.25) is 0 Å². The molecule has 9 aromatic carbocycles. The minimum atomic E-state index is 0.900. The van der Waals surface area contributed by atoms with Gasteiger partial charge in [0.05, 0.1) is 0 Å². The number of rotatable bonds is 3. The van der Waals surface area contributed by atoms with E-state index in [0.717, 1.165) is 27.5 Å². The zero-order valence-electron chi connectivity index (χ0n) is 25.6. The summed E-state index contributed by atoms with van der Waals surface area (Å²) in [7, 11) is 0. The van der Waals surface area contributed by atoms with Crippen LogP contribution in [0.5, 0.6) is 0 Å². The SMILES string of the molecule is c1ccc(-c2c3ccccc3c(-c3cccc4oc5cc(-c6cccc7c6ccc6ccccc67)ccc5c34)c3ccccc23)cc1. The van der Waals surface area contributed by atoms with Crippen LogP contribution in [0, 0.1) is 0 Å². The molecule has 0 atom stereocenters. The van der Waals surface area contributed by atoms with Crippen LogP contribution in [-0.2, 0) is 0 Å². The molecule has 0 spiro atoms. The van der Waals surface area contributed by atoms with Crippen molar-refractivity contribution in [3.05, 3.63) is 170 Å².